The van der Waals surface area contributed by atoms with Gasteiger partial charge in [-0.2, -0.15) is 0 Å². The van der Waals surface area contributed by atoms with Gasteiger partial charge in [0.15, 0.2) is 0 Å². The number of thiophene rings is 2. The van der Waals surface area contributed by atoms with Crippen molar-refractivity contribution in [2.45, 2.75) is 26.2 Å². The van der Waals surface area contributed by atoms with Crippen LogP contribution in [0.4, 0.5) is 0 Å². The van der Waals surface area contributed by atoms with Crippen molar-refractivity contribution in [2.24, 2.45) is 5.92 Å². The molecule has 2 heteroatoms. The second-order valence-electron chi connectivity index (χ2n) is 10.0. The van der Waals surface area contributed by atoms with Gasteiger partial charge in [0.1, 0.15) is 0 Å². The molecule has 0 amide bonds. The zero-order valence-corrected chi connectivity index (χ0v) is 20.2. The van der Waals surface area contributed by atoms with Crippen LogP contribution in [0.25, 0.3) is 61.9 Å². The molecule has 1 saturated carbocycles. The van der Waals surface area contributed by atoms with E-state index >= 15 is 0 Å². The van der Waals surface area contributed by atoms with E-state index in [-0.39, 0.29) is 0 Å². The molecule has 2 aromatic heterocycles. The summed E-state index contributed by atoms with van der Waals surface area (Å²) in [4.78, 5) is 0. The molecule has 1 fully saturated rings. The Balaban J connectivity index is 1.38. The molecule has 0 spiro atoms. The SMILES string of the molecule is Cc1ccc2cc3c(cc2c1)sc1cc2c(cc13)sc1cc3cc(C4C[C@H]4C)ccc3cc12. The van der Waals surface area contributed by atoms with Crippen molar-refractivity contribution in [1.29, 1.82) is 0 Å². The lowest BCUT2D eigenvalue weighted by Crippen LogP contribution is -1.82. The molecule has 2 heterocycles. The third kappa shape index (κ3) is 2.68. The van der Waals surface area contributed by atoms with Gasteiger partial charge in [0, 0.05) is 40.3 Å². The predicted octanol–water partition coefficient (Wildman–Crippen LogP) is 10.2. The predicted molar refractivity (Wildman–Crippen MR) is 148 cm³/mol. The molecule has 8 rings (SSSR count). The van der Waals surface area contributed by atoms with Crippen molar-refractivity contribution in [2.75, 3.05) is 0 Å². The molecule has 0 bridgehead atoms. The van der Waals surface area contributed by atoms with Crippen molar-refractivity contribution in [3.8, 4) is 0 Å². The Morgan fingerprint density at radius 3 is 1.70 bits per heavy atom. The Bertz CT molecular complexity index is 1930. The highest BCUT2D eigenvalue weighted by atomic mass is 32.1. The van der Waals surface area contributed by atoms with E-state index in [9.17, 15) is 0 Å². The van der Waals surface area contributed by atoms with Crippen LogP contribution in [0.3, 0.4) is 0 Å². The van der Waals surface area contributed by atoms with Crippen LogP contribution in [0.1, 0.15) is 30.4 Å². The molecule has 1 aliphatic carbocycles. The molecule has 0 radical (unpaired) electrons. The lowest BCUT2D eigenvalue weighted by molar-refractivity contribution is 0.916. The maximum Gasteiger partial charge on any atom is 0.0362 e. The molecular formula is C31H22S2. The zero-order valence-electron chi connectivity index (χ0n) is 18.6. The van der Waals surface area contributed by atoms with Crippen molar-refractivity contribution >= 4 is 84.6 Å². The van der Waals surface area contributed by atoms with Crippen LogP contribution in [0, 0.1) is 12.8 Å². The highest BCUT2D eigenvalue weighted by Gasteiger charge is 2.33. The van der Waals surface area contributed by atoms with Crippen molar-refractivity contribution in [3.05, 3.63) is 83.9 Å². The fourth-order valence-electron chi connectivity index (χ4n) is 5.69. The van der Waals surface area contributed by atoms with Gasteiger partial charge in [-0.25, -0.2) is 0 Å². The molecule has 158 valence electrons. The van der Waals surface area contributed by atoms with Crippen LogP contribution in [-0.2, 0) is 0 Å². The van der Waals surface area contributed by atoms with E-state index in [2.05, 4.69) is 86.6 Å². The van der Waals surface area contributed by atoms with Crippen molar-refractivity contribution in [1.82, 2.24) is 0 Å². The summed E-state index contributed by atoms with van der Waals surface area (Å²) in [6.07, 6.45) is 1.34. The maximum atomic E-state index is 2.44. The van der Waals surface area contributed by atoms with Gasteiger partial charge in [-0.05, 0) is 88.7 Å². The molecule has 5 aromatic carbocycles. The summed E-state index contributed by atoms with van der Waals surface area (Å²) in [6.45, 7) is 4.54. The summed E-state index contributed by atoms with van der Waals surface area (Å²) < 4.78 is 5.58. The Morgan fingerprint density at radius 1 is 0.576 bits per heavy atom. The Morgan fingerprint density at radius 2 is 1.09 bits per heavy atom. The number of fused-ring (bicyclic) bond motifs is 8. The largest absolute Gasteiger partial charge is 0.135 e. The molecule has 1 unspecified atom stereocenters. The van der Waals surface area contributed by atoms with Gasteiger partial charge in [0.25, 0.3) is 0 Å². The molecule has 0 aliphatic heterocycles. The smallest absolute Gasteiger partial charge is 0.0362 e. The third-order valence-electron chi connectivity index (χ3n) is 7.70. The van der Waals surface area contributed by atoms with Gasteiger partial charge in [0.2, 0.25) is 0 Å². The van der Waals surface area contributed by atoms with Crippen LogP contribution in [0.15, 0.2) is 72.8 Å². The molecule has 2 atom stereocenters. The van der Waals surface area contributed by atoms with Gasteiger partial charge in [0.05, 0.1) is 0 Å². The average molecular weight is 459 g/mol. The first-order valence-corrected chi connectivity index (χ1v) is 13.4. The minimum atomic E-state index is 0.771. The molecule has 33 heavy (non-hydrogen) atoms. The fourth-order valence-corrected chi connectivity index (χ4v) is 8.00. The van der Waals surface area contributed by atoms with E-state index in [0.29, 0.717) is 0 Å². The number of benzene rings is 5. The number of hydrogen-bond donors (Lipinski definition) is 0. The van der Waals surface area contributed by atoms with Crippen LogP contribution in [0.5, 0.6) is 0 Å². The number of hydrogen-bond acceptors (Lipinski definition) is 2. The lowest BCUT2D eigenvalue weighted by atomic mass is 10.0. The number of aryl methyl sites for hydroxylation is 1. The molecular weight excluding hydrogens is 436 g/mol. The van der Waals surface area contributed by atoms with E-state index in [1.54, 1.807) is 0 Å². The Labute approximate surface area is 200 Å². The third-order valence-corrected chi connectivity index (χ3v) is 9.93. The van der Waals surface area contributed by atoms with Gasteiger partial charge >= 0.3 is 0 Å². The second-order valence-corrected chi connectivity index (χ2v) is 12.2. The molecule has 0 nitrogen and oxygen atoms in total. The first kappa shape index (κ1) is 18.5. The standard InChI is InChI=1S/C31H22S2/c1-16-3-4-18-10-24-26-14-31-27(15-30(26)32-28(24)12-21(18)7-16)25-11-19-5-6-20(23-8-17(23)2)9-22(19)13-29(25)33-31/h3-7,9-15,17,23H,8H2,1-2H3/t17-,23?/m1/s1. The molecule has 0 saturated heterocycles. The fraction of sp³-hybridized carbons (Fsp3) is 0.161. The highest BCUT2D eigenvalue weighted by Crippen LogP contribution is 2.48. The summed E-state index contributed by atoms with van der Waals surface area (Å²) in [5.41, 5.74) is 2.84. The minimum absolute atomic E-state index is 0.771. The average Bonchev–Trinajstić information content (AvgIpc) is 3.31. The molecule has 7 aromatic rings. The van der Waals surface area contributed by atoms with E-state index in [4.69, 9.17) is 0 Å². The summed E-state index contributed by atoms with van der Waals surface area (Å²) in [6, 6.07) is 28.4. The van der Waals surface area contributed by atoms with Gasteiger partial charge in [-0.3, -0.25) is 0 Å². The normalized spacial score (nSPS) is 18.5. The minimum Gasteiger partial charge on any atom is -0.135 e. The van der Waals surface area contributed by atoms with Gasteiger partial charge in [-0.15, -0.1) is 22.7 Å². The summed E-state index contributed by atoms with van der Waals surface area (Å²) in [7, 11) is 0. The van der Waals surface area contributed by atoms with E-state index in [0.717, 1.165) is 11.8 Å². The van der Waals surface area contributed by atoms with E-state index < -0.39 is 0 Å². The van der Waals surface area contributed by atoms with Gasteiger partial charge < -0.3 is 0 Å². The lowest BCUT2D eigenvalue weighted by Gasteiger charge is -2.03. The summed E-state index contributed by atoms with van der Waals surface area (Å²) in [5, 5.41) is 11.0. The highest BCUT2D eigenvalue weighted by molar-refractivity contribution is 7.27. The first-order chi connectivity index (χ1) is 16.1. The summed E-state index contributed by atoms with van der Waals surface area (Å²) >= 11 is 3.87. The van der Waals surface area contributed by atoms with Gasteiger partial charge in [-0.1, -0.05) is 48.9 Å². The first-order valence-electron chi connectivity index (χ1n) is 11.8. The van der Waals surface area contributed by atoms with Crippen LogP contribution in [0.2, 0.25) is 0 Å². The Kier molecular flexibility index (Phi) is 3.55. The van der Waals surface area contributed by atoms with E-state index in [1.807, 2.05) is 22.7 Å². The van der Waals surface area contributed by atoms with Crippen molar-refractivity contribution in [3.63, 3.8) is 0 Å². The number of rotatable bonds is 1. The Hall–Kier alpha value is -2.94. The summed E-state index contributed by atoms with van der Waals surface area (Å²) in [5.74, 6) is 1.62. The molecule has 1 aliphatic rings. The monoisotopic (exact) mass is 458 g/mol. The van der Waals surface area contributed by atoms with Crippen LogP contribution >= 0.6 is 22.7 Å². The zero-order chi connectivity index (χ0) is 21.8. The van der Waals surface area contributed by atoms with Crippen molar-refractivity contribution < 1.29 is 0 Å². The van der Waals surface area contributed by atoms with Crippen LogP contribution < -0.4 is 0 Å². The quantitative estimate of drug-likeness (QED) is 0.229. The van der Waals surface area contributed by atoms with E-state index in [1.165, 1.54) is 79.4 Å². The molecule has 0 N–H and O–H groups in total. The topological polar surface area (TPSA) is 0 Å². The second kappa shape index (κ2) is 6.34. The maximum absolute atomic E-state index is 2.44. The van der Waals surface area contributed by atoms with Crippen LogP contribution in [-0.4, -0.2) is 0 Å².